The van der Waals surface area contributed by atoms with Crippen molar-refractivity contribution in [3.8, 4) is 0 Å². The molecule has 3 saturated heterocycles. The Morgan fingerprint density at radius 3 is 0.944 bits per heavy atom. The Kier molecular flexibility index (Phi) is 34.5. The van der Waals surface area contributed by atoms with Gasteiger partial charge in [0.1, 0.15) is 36.3 Å². The molecule has 652 valence electrons. The van der Waals surface area contributed by atoms with Gasteiger partial charge in [-0.25, -0.2) is 0 Å². The van der Waals surface area contributed by atoms with E-state index in [1.165, 1.54) is 9.80 Å². The van der Waals surface area contributed by atoms with Crippen molar-refractivity contribution in [2.75, 3.05) is 26.2 Å². The molecule has 3 fully saturated rings. The van der Waals surface area contributed by atoms with E-state index >= 15 is 47.9 Å². The molecule has 3 aliphatic heterocycles. The highest BCUT2D eigenvalue weighted by Gasteiger charge is 2.44. The molecule has 8 aromatic carbocycles. The van der Waals surface area contributed by atoms with E-state index in [-0.39, 0.29) is 127 Å². The van der Waals surface area contributed by atoms with Crippen LogP contribution < -0.4 is 74.4 Å². The second-order valence-electron chi connectivity index (χ2n) is 34.4. The number of hydrogen-bond acceptors (Lipinski definition) is 12. The number of Topliss-reactive ketones (excluding diaryl/α,β-unsaturated/α-hetero) is 2. The highest BCUT2D eigenvalue weighted by atomic mass is 31.1. The van der Waals surface area contributed by atoms with Crippen molar-refractivity contribution in [2.24, 2.45) is 35.5 Å². The molecule has 8 aromatic rings. The Morgan fingerprint density at radius 2 is 0.645 bits per heavy atom. The third-order valence-corrected chi connectivity index (χ3v) is 28.1. The third-order valence-electron chi connectivity index (χ3n) is 23.2. The van der Waals surface area contributed by atoms with Crippen LogP contribution in [0.2, 0.25) is 0 Å². The van der Waals surface area contributed by atoms with Gasteiger partial charge in [-0.3, -0.25) is 57.5 Å². The van der Waals surface area contributed by atoms with Crippen LogP contribution in [0.25, 0.3) is 0 Å². The van der Waals surface area contributed by atoms with Crippen molar-refractivity contribution in [1.82, 2.24) is 52.3 Å². The summed E-state index contributed by atoms with van der Waals surface area (Å²) >= 11 is 0. The number of benzene rings is 8. The fraction of sp³-hybridized carbons (Fsp3) is 0.400. The molecule has 2 unspecified atom stereocenters. The minimum atomic E-state index is -1.35. The normalized spacial score (nSPS) is 21.5. The predicted molar refractivity (Wildman–Crippen MR) is 490 cm³/mol. The summed E-state index contributed by atoms with van der Waals surface area (Å²) in [4.78, 5) is 184. The van der Waals surface area contributed by atoms with Gasteiger partial charge in [0.15, 0.2) is 11.6 Å². The van der Waals surface area contributed by atoms with Gasteiger partial charge in [0.2, 0.25) is 47.3 Å². The van der Waals surface area contributed by atoms with Crippen LogP contribution in [0, 0.1) is 35.5 Å². The van der Waals surface area contributed by atoms with E-state index in [1.54, 1.807) is 52.0 Å². The highest BCUT2D eigenvalue weighted by molar-refractivity contribution is 7.80. The van der Waals surface area contributed by atoms with E-state index in [9.17, 15) is 9.59 Å². The van der Waals surface area contributed by atoms with E-state index in [1.807, 2.05) is 185 Å². The molecule has 3 heterocycles. The molecule has 3 aliphatic rings. The summed E-state index contributed by atoms with van der Waals surface area (Å²) in [5.74, 6) is -10.5. The van der Waals surface area contributed by atoms with Gasteiger partial charge in [-0.1, -0.05) is 262 Å². The number of nitrogens with one attached hydrogen (secondary N) is 8. The summed E-state index contributed by atoms with van der Waals surface area (Å²) in [5.41, 5.74) is 2.28. The number of carbonyl (C=O) groups is 12. The van der Waals surface area contributed by atoms with Crippen molar-refractivity contribution in [1.29, 1.82) is 0 Å². The zero-order chi connectivity index (χ0) is 88.3. The Bertz CT molecular complexity index is 4530. The first-order valence-corrected chi connectivity index (χ1v) is 46.6. The van der Waals surface area contributed by atoms with Crippen LogP contribution in [0.4, 0.5) is 0 Å². The van der Waals surface area contributed by atoms with Gasteiger partial charge in [-0.15, -0.1) is 0 Å². The Hall–Kier alpha value is -11.3. The van der Waals surface area contributed by atoms with Crippen LogP contribution in [0.5, 0.6) is 0 Å². The first kappa shape index (κ1) is 93.4. The average Bonchev–Trinajstić information content (AvgIpc) is 0.987. The SMILES string of the molecule is CC(C)CC1NC(=O)[C@H](CCCNC(=O)c2ccc(P(c3ccccc3)c3ccccc3)cc2)NC(=O)[C@H](C(C)C)NC(=O)[C@@H]2CCCN2C(=O)[C@@H](Cc2ccccc2)CC(=O)C(CC(C)C)NC(=O)[C@H](CCCNC(=O)c2ccc(P(c3ccccc3)c3ccccc3)cc2)NC(=O)[C@H](C(C)C)NC(=O)[C@@H]2CCCN2C(=O)[C@@H](Cc2ccccc2)CC1=O. The van der Waals surface area contributed by atoms with Crippen molar-refractivity contribution in [3.63, 3.8) is 0 Å². The van der Waals surface area contributed by atoms with E-state index in [2.05, 4.69) is 91.1 Å². The molecule has 10 atom stereocenters. The van der Waals surface area contributed by atoms with Gasteiger partial charge in [0, 0.05) is 62.0 Å². The third kappa shape index (κ3) is 25.9. The monoisotopic (exact) mass is 1710 g/mol. The van der Waals surface area contributed by atoms with Crippen molar-refractivity contribution >= 4 is 118 Å². The molecule has 8 N–H and O–H groups in total. The summed E-state index contributed by atoms with van der Waals surface area (Å²) in [7, 11) is -1.89. The molecule has 11 rings (SSSR count). The molecule has 0 saturated carbocycles. The van der Waals surface area contributed by atoms with Crippen molar-refractivity contribution < 1.29 is 57.5 Å². The standard InChI is InChI=1S/C100H120N10O12P2/c1-65(2)59-83-87(111)63-73(61-69-31-15-9-16-32-69)99(121)109-57-29-45-85(109)95(117)108-90(68(7)8)98(120)104-82(44-28-56-102-92(114)72-49-53-80(54-50-72)124(77-39-23-13-24-40-77)78-41-25-14-26-42-78)94(116)106-84(60-66(3)4)88(112)64-74(62-70-33-17-10-18-34-70)100(122)110-58-30-46-86(110)96(118)107-89(67(5)6)97(119)103-81(93(115)105-83)43-27-55-101-91(113)71-47-51-79(52-48-71)123(75-35-19-11-20-36-75)76-37-21-12-22-38-76/h9-26,31-42,47-54,65-68,73-74,81-86,89-90H,27-30,43-46,55-64H2,1-8H3,(H,101,113)(H,102,114)(H,103,119)(H,104,120)(H,105,115)(H,106,116)(H,107,118)(H,108,117)/t73-,74-,81-,82-,83?,84?,85-,86-,89-,90-/m0/s1. The Labute approximate surface area is 732 Å². The molecule has 24 heteroatoms. The molecule has 0 radical (unpaired) electrons. The van der Waals surface area contributed by atoms with Crippen LogP contribution in [0.15, 0.2) is 231 Å². The smallest absolute Gasteiger partial charge is 0.251 e. The predicted octanol–water partition coefficient (Wildman–Crippen LogP) is 9.87. The maximum Gasteiger partial charge on any atom is 0.251 e. The molecular weight excluding hydrogens is 1600 g/mol. The first-order chi connectivity index (χ1) is 59.8. The zero-order valence-corrected chi connectivity index (χ0v) is 74.2. The molecule has 124 heavy (non-hydrogen) atoms. The molecule has 0 spiro atoms. The van der Waals surface area contributed by atoms with E-state index < -0.39 is 147 Å². The maximum absolute atomic E-state index is 15.5. The topological polar surface area (TPSA) is 308 Å². The van der Waals surface area contributed by atoms with Gasteiger partial charge < -0.3 is 52.3 Å². The van der Waals surface area contributed by atoms with Gasteiger partial charge in [0.25, 0.3) is 11.8 Å². The fourth-order valence-corrected chi connectivity index (χ4v) is 21.3. The molecule has 0 aromatic heterocycles. The van der Waals surface area contributed by atoms with Crippen LogP contribution in [0.3, 0.4) is 0 Å². The zero-order valence-electron chi connectivity index (χ0n) is 72.4. The second kappa shape index (κ2) is 45.9. The van der Waals surface area contributed by atoms with E-state index in [0.29, 0.717) is 24.0 Å². The summed E-state index contributed by atoms with van der Waals surface area (Å²) in [6.07, 6.45) is 1.09. The number of ketones is 2. The van der Waals surface area contributed by atoms with Crippen LogP contribution in [0.1, 0.15) is 164 Å². The van der Waals surface area contributed by atoms with Gasteiger partial charge >= 0.3 is 0 Å². The van der Waals surface area contributed by atoms with Gasteiger partial charge in [-0.05, 0) is 184 Å². The van der Waals surface area contributed by atoms with E-state index in [0.717, 1.165) is 43.0 Å². The van der Waals surface area contributed by atoms with Crippen LogP contribution in [-0.2, 0) is 60.8 Å². The average molecular weight is 1720 g/mol. The number of hydrogen-bond donors (Lipinski definition) is 8. The molecule has 0 aliphatic carbocycles. The summed E-state index contributed by atoms with van der Waals surface area (Å²) in [6.45, 7) is 14.9. The second-order valence-corrected chi connectivity index (χ2v) is 38.8. The highest BCUT2D eigenvalue weighted by Crippen LogP contribution is 2.35. The number of nitrogens with zero attached hydrogens (tertiary/aromatic N) is 2. The lowest BCUT2D eigenvalue weighted by Crippen LogP contribution is -2.59. The first-order valence-electron chi connectivity index (χ1n) is 43.9. The van der Waals surface area contributed by atoms with E-state index in [4.69, 9.17) is 0 Å². The van der Waals surface area contributed by atoms with Gasteiger partial charge in [-0.2, -0.15) is 0 Å². The van der Waals surface area contributed by atoms with Crippen molar-refractivity contribution in [2.45, 2.75) is 194 Å². The van der Waals surface area contributed by atoms with Crippen LogP contribution in [-0.4, -0.2) is 155 Å². The quantitative estimate of drug-likeness (QED) is 0.0186. The lowest BCUT2D eigenvalue weighted by molar-refractivity contribution is -0.144. The Balaban J connectivity index is 0.881. The fourth-order valence-electron chi connectivity index (χ4n) is 16.7. The summed E-state index contributed by atoms with van der Waals surface area (Å²) < 4.78 is 0. The molecule has 22 nitrogen and oxygen atoms in total. The van der Waals surface area contributed by atoms with Crippen LogP contribution >= 0.6 is 15.8 Å². The number of fused-ring (bicyclic) bond motifs is 2. The van der Waals surface area contributed by atoms with Crippen molar-refractivity contribution in [3.05, 3.63) is 253 Å². The Morgan fingerprint density at radius 1 is 0.355 bits per heavy atom. The van der Waals surface area contributed by atoms with Gasteiger partial charge in [0.05, 0.1) is 12.1 Å². The lowest BCUT2D eigenvalue weighted by atomic mass is 9.88. The summed E-state index contributed by atoms with van der Waals surface area (Å²) in [6, 6.07) is 64.2. The number of rotatable bonds is 26. The maximum atomic E-state index is 15.5. The molecule has 10 amide bonds. The molecule has 0 bridgehead atoms. The lowest BCUT2D eigenvalue weighted by Gasteiger charge is -2.32. The minimum Gasteiger partial charge on any atom is -0.352 e. The minimum absolute atomic E-state index is 0.0520. The molecular formula is C100H120N10O12P2. The number of carbonyl (C=O) groups excluding carboxylic acids is 12. The largest absolute Gasteiger partial charge is 0.352 e. The number of amides is 10. The summed E-state index contributed by atoms with van der Waals surface area (Å²) in [5, 5.41) is 30.4.